The Balaban J connectivity index is 1.94. The smallest absolute Gasteiger partial charge is 0.261 e. The third kappa shape index (κ3) is 5.31. The standard InChI is InChI=1S/C21H26FNO2/c1-14(16-6-10-18(22)11-7-16)23-20(24)15(2)25-19-12-8-17(9-13-19)21(3,4)5/h6-15H,1-5H3,(H,23,24)/t14-,15+/m0/s1. The maximum atomic E-state index is 13.0. The molecule has 0 aromatic heterocycles. The molecule has 4 heteroatoms. The third-order valence-electron chi connectivity index (χ3n) is 4.13. The lowest BCUT2D eigenvalue weighted by Crippen LogP contribution is -2.37. The van der Waals surface area contributed by atoms with Crippen molar-refractivity contribution in [1.82, 2.24) is 5.32 Å². The van der Waals surface area contributed by atoms with Gasteiger partial charge in [-0.05, 0) is 54.7 Å². The zero-order chi connectivity index (χ0) is 18.6. The average Bonchev–Trinajstić information content (AvgIpc) is 2.55. The van der Waals surface area contributed by atoms with E-state index in [-0.39, 0.29) is 23.2 Å². The van der Waals surface area contributed by atoms with Gasteiger partial charge >= 0.3 is 0 Å². The van der Waals surface area contributed by atoms with Gasteiger partial charge in [-0.3, -0.25) is 4.79 Å². The molecule has 3 nitrogen and oxygen atoms in total. The minimum absolute atomic E-state index is 0.0755. The summed E-state index contributed by atoms with van der Waals surface area (Å²) in [6, 6.07) is 13.7. The number of carbonyl (C=O) groups is 1. The van der Waals surface area contributed by atoms with Crippen molar-refractivity contribution in [2.75, 3.05) is 0 Å². The monoisotopic (exact) mass is 343 g/mol. The number of hydrogen-bond acceptors (Lipinski definition) is 2. The zero-order valence-electron chi connectivity index (χ0n) is 15.5. The average molecular weight is 343 g/mol. The van der Waals surface area contributed by atoms with Crippen molar-refractivity contribution in [2.45, 2.75) is 52.2 Å². The van der Waals surface area contributed by atoms with Crippen molar-refractivity contribution in [2.24, 2.45) is 0 Å². The van der Waals surface area contributed by atoms with Gasteiger partial charge in [-0.25, -0.2) is 4.39 Å². The summed E-state index contributed by atoms with van der Waals surface area (Å²) in [6.07, 6.45) is -0.622. The number of benzene rings is 2. The van der Waals surface area contributed by atoms with Crippen LogP contribution in [0.4, 0.5) is 4.39 Å². The predicted octanol–water partition coefficient (Wildman–Crippen LogP) is 4.77. The van der Waals surface area contributed by atoms with Gasteiger partial charge in [0.15, 0.2) is 6.10 Å². The van der Waals surface area contributed by atoms with E-state index in [0.29, 0.717) is 5.75 Å². The highest BCUT2D eigenvalue weighted by molar-refractivity contribution is 5.81. The Morgan fingerprint density at radius 2 is 1.56 bits per heavy atom. The van der Waals surface area contributed by atoms with Crippen LogP contribution in [0.5, 0.6) is 5.75 Å². The fourth-order valence-electron chi connectivity index (χ4n) is 2.46. The van der Waals surface area contributed by atoms with E-state index in [0.717, 1.165) is 5.56 Å². The van der Waals surface area contributed by atoms with Crippen molar-refractivity contribution in [1.29, 1.82) is 0 Å². The molecule has 0 aliphatic rings. The summed E-state index contributed by atoms with van der Waals surface area (Å²) in [4.78, 5) is 12.3. The van der Waals surface area contributed by atoms with Crippen LogP contribution in [-0.2, 0) is 10.2 Å². The van der Waals surface area contributed by atoms with Crippen LogP contribution in [0.25, 0.3) is 0 Å². The summed E-state index contributed by atoms with van der Waals surface area (Å²) in [5, 5.41) is 2.88. The molecular formula is C21H26FNO2. The Hall–Kier alpha value is -2.36. The fraction of sp³-hybridized carbons (Fsp3) is 0.381. The first-order valence-electron chi connectivity index (χ1n) is 8.50. The Morgan fingerprint density at radius 3 is 2.08 bits per heavy atom. The van der Waals surface area contributed by atoms with E-state index >= 15 is 0 Å². The normalized spacial score (nSPS) is 13.8. The summed E-state index contributed by atoms with van der Waals surface area (Å²) in [6.45, 7) is 10.0. The summed E-state index contributed by atoms with van der Waals surface area (Å²) in [5.41, 5.74) is 2.13. The number of hydrogen-bond donors (Lipinski definition) is 1. The van der Waals surface area contributed by atoms with Gasteiger partial charge in [0.1, 0.15) is 11.6 Å². The number of carbonyl (C=O) groups excluding carboxylic acids is 1. The first-order valence-corrected chi connectivity index (χ1v) is 8.50. The van der Waals surface area contributed by atoms with E-state index in [1.165, 1.54) is 17.7 Å². The maximum Gasteiger partial charge on any atom is 0.261 e. The first kappa shape index (κ1) is 19.0. The van der Waals surface area contributed by atoms with Gasteiger partial charge in [0.25, 0.3) is 5.91 Å². The molecule has 1 amide bonds. The molecule has 2 aromatic rings. The van der Waals surface area contributed by atoms with Gasteiger partial charge in [-0.1, -0.05) is 45.0 Å². The molecule has 0 bridgehead atoms. The van der Waals surface area contributed by atoms with Gasteiger partial charge in [-0.15, -0.1) is 0 Å². The zero-order valence-corrected chi connectivity index (χ0v) is 15.5. The van der Waals surface area contributed by atoms with Crippen LogP contribution in [0.1, 0.15) is 51.8 Å². The Bertz CT molecular complexity index is 702. The third-order valence-corrected chi connectivity index (χ3v) is 4.13. The second-order valence-corrected chi connectivity index (χ2v) is 7.32. The van der Waals surface area contributed by atoms with Crippen molar-refractivity contribution in [3.8, 4) is 5.75 Å². The second kappa shape index (κ2) is 7.68. The lowest BCUT2D eigenvalue weighted by molar-refractivity contribution is -0.127. The highest BCUT2D eigenvalue weighted by Gasteiger charge is 2.18. The molecule has 25 heavy (non-hydrogen) atoms. The SMILES string of the molecule is C[C@H](NC(=O)[C@@H](C)Oc1ccc(C(C)(C)C)cc1)c1ccc(F)cc1. The van der Waals surface area contributed by atoms with Gasteiger partial charge in [0.05, 0.1) is 6.04 Å². The van der Waals surface area contributed by atoms with Crippen LogP contribution in [0, 0.1) is 5.82 Å². The maximum absolute atomic E-state index is 13.0. The van der Waals surface area contributed by atoms with E-state index in [9.17, 15) is 9.18 Å². The lowest BCUT2D eigenvalue weighted by atomic mass is 9.87. The number of halogens is 1. The van der Waals surface area contributed by atoms with E-state index in [4.69, 9.17) is 4.74 Å². The molecule has 0 heterocycles. The molecule has 0 radical (unpaired) electrons. The lowest BCUT2D eigenvalue weighted by Gasteiger charge is -2.21. The molecule has 0 aliphatic heterocycles. The molecule has 0 saturated carbocycles. The molecular weight excluding hydrogens is 317 g/mol. The highest BCUT2D eigenvalue weighted by Crippen LogP contribution is 2.24. The Labute approximate surface area is 149 Å². The number of nitrogens with one attached hydrogen (secondary N) is 1. The molecule has 0 unspecified atom stereocenters. The summed E-state index contributed by atoms with van der Waals surface area (Å²) in [7, 11) is 0. The predicted molar refractivity (Wildman–Crippen MR) is 98.2 cm³/mol. The molecule has 134 valence electrons. The summed E-state index contributed by atoms with van der Waals surface area (Å²) < 4.78 is 18.7. The topological polar surface area (TPSA) is 38.3 Å². The number of rotatable bonds is 5. The minimum atomic E-state index is -0.622. The molecule has 0 fully saturated rings. The summed E-state index contributed by atoms with van der Waals surface area (Å²) >= 11 is 0. The first-order chi connectivity index (χ1) is 11.7. The van der Waals surface area contributed by atoms with Crippen LogP contribution >= 0.6 is 0 Å². The Kier molecular flexibility index (Phi) is 5.83. The quantitative estimate of drug-likeness (QED) is 0.849. The molecule has 2 atom stereocenters. The highest BCUT2D eigenvalue weighted by atomic mass is 19.1. The molecule has 1 N–H and O–H groups in total. The second-order valence-electron chi connectivity index (χ2n) is 7.32. The van der Waals surface area contributed by atoms with E-state index in [2.05, 4.69) is 26.1 Å². The van der Waals surface area contributed by atoms with Crippen molar-refractivity contribution >= 4 is 5.91 Å². The van der Waals surface area contributed by atoms with Crippen molar-refractivity contribution < 1.29 is 13.9 Å². The number of amides is 1. The Morgan fingerprint density at radius 1 is 1.00 bits per heavy atom. The van der Waals surface area contributed by atoms with Crippen LogP contribution in [0.15, 0.2) is 48.5 Å². The molecule has 0 spiro atoms. The molecule has 2 aromatic carbocycles. The molecule has 2 rings (SSSR count). The van der Waals surface area contributed by atoms with E-state index < -0.39 is 6.10 Å². The van der Waals surface area contributed by atoms with Gasteiger partial charge in [-0.2, -0.15) is 0 Å². The van der Waals surface area contributed by atoms with Crippen LogP contribution in [-0.4, -0.2) is 12.0 Å². The summed E-state index contributed by atoms with van der Waals surface area (Å²) in [5.74, 6) is 0.152. The molecule has 0 aliphatic carbocycles. The van der Waals surface area contributed by atoms with Gasteiger partial charge in [0.2, 0.25) is 0 Å². The van der Waals surface area contributed by atoms with E-state index in [1.54, 1.807) is 19.1 Å². The molecule has 0 saturated heterocycles. The largest absolute Gasteiger partial charge is 0.481 e. The van der Waals surface area contributed by atoms with Crippen molar-refractivity contribution in [3.05, 3.63) is 65.5 Å². The minimum Gasteiger partial charge on any atom is -0.481 e. The van der Waals surface area contributed by atoms with Crippen LogP contribution in [0.2, 0.25) is 0 Å². The van der Waals surface area contributed by atoms with Crippen LogP contribution < -0.4 is 10.1 Å². The van der Waals surface area contributed by atoms with Crippen molar-refractivity contribution in [3.63, 3.8) is 0 Å². The van der Waals surface area contributed by atoms with Crippen LogP contribution in [0.3, 0.4) is 0 Å². The fourth-order valence-corrected chi connectivity index (χ4v) is 2.46. The van der Waals surface area contributed by atoms with E-state index in [1.807, 2.05) is 31.2 Å². The van der Waals surface area contributed by atoms with Gasteiger partial charge in [0, 0.05) is 0 Å². The number of ether oxygens (including phenoxy) is 1. The van der Waals surface area contributed by atoms with Gasteiger partial charge < -0.3 is 10.1 Å².